The standard InChI is InChI=1S/C29H24O6/c1-17(2)16-33-23-11-7-5-9-19(23)21-15-26(30)34-24-13-12-20-28(31)25(35-29(20)27(21)24)14-18-8-4-6-10-22(18)32-3/h4-14,21H,1,15-16H2,2-3H3/b25-14-. The number of hydrogen-bond acceptors (Lipinski definition) is 6. The lowest BCUT2D eigenvalue weighted by molar-refractivity contribution is -0.135. The van der Waals surface area contributed by atoms with Crippen LogP contribution in [0.15, 0.2) is 78.6 Å². The molecule has 0 radical (unpaired) electrons. The SMILES string of the molecule is C=C(C)COc1ccccc1C1CC(=O)Oc2ccc3c(c21)O/C(=C\c1ccccc1OC)C3=O. The van der Waals surface area contributed by atoms with Crippen molar-refractivity contribution in [3.63, 3.8) is 0 Å². The molecule has 3 aromatic carbocycles. The molecule has 0 fully saturated rings. The van der Waals surface area contributed by atoms with E-state index >= 15 is 0 Å². The average Bonchev–Trinajstić information content (AvgIpc) is 3.17. The molecule has 6 nitrogen and oxygen atoms in total. The van der Waals surface area contributed by atoms with Gasteiger partial charge >= 0.3 is 5.97 Å². The Morgan fingerprint density at radius 1 is 1.03 bits per heavy atom. The van der Waals surface area contributed by atoms with E-state index in [0.29, 0.717) is 40.7 Å². The molecule has 0 spiro atoms. The molecule has 0 N–H and O–H groups in total. The van der Waals surface area contributed by atoms with Gasteiger partial charge in [0.1, 0.15) is 29.6 Å². The van der Waals surface area contributed by atoms with Crippen molar-refractivity contribution in [1.82, 2.24) is 0 Å². The minimum atomic E-state index is -0.402. The molecule has 6 heteroatoms. The van der Waals surface area contributed by atoms with Crippen LogP contribution in [0.2, 0.25) is 0 Å². The van der Waals surface area contributed by atoms with Crippen molar-refractivity contribution in [3.05, 3.63) is 101 Å². The lowest BCUT2D eigenvalue weighted by atomic mass is 9.84. The Morgan fingerprint density at radius 3 is 2.54 bits per heavy atom. The van der Waals surface area contributed by atoms with E-state index in [1.54, 1.807) is 25.3 Å². The number of ketones is 1. The highest BCUT2D eigenvalue weighted by Crippen LogP contribution is 2.50. The predicted octanol–water partition coefficient (Wildman–Crippen LogP) is 5.71. The van der Waals surface area contributed by atoms with Gasteiger partial charge in [-0.2, -0.15) is 0 Å². The number of rotatable bonds is 6. The molecule has 35 heavy (non-hydrogen) atoms. The molecule has 2 aliphatic rings. The Morgan fingerprint density at radius 2 is 1.77 bits per heavy atom. The third kappa shape index (κ3) is 4.19. The summed E-state index contributed by atoms with van der Waals surface area (Å²) in [6.45, 7) is 6.14. The lowest BCUT2D eigenvalue weighted by Gasteiger charge is -2.27. The Balaban J connectivity index is 1.60. The molecule has 2 aliphatic heterocycles. The number of esters is 1. The van der Waals surface area contributed by atoms with Gasteiger partial charge in [0.05, 0.1) is 19.1 Å². The fraction of sp³-hybridized carbons (Fsp3) is 0.172. The first kappa shape index (κ1) is 22.5. The van der Waals surface area contributed by atoms with Gasteiger partial charge in [0, 0.05) is 22.6 Å². The first-order valence-electron chi connectivity index (χ1n) is 11.3. The highest BCUT2D eigenvalue weighted by Gasteiger charge is 2.39. The zero-order valence-electron chi connectivity index (χ0n) is 19.5. The van der Waals surface area contributed by atoms with Gasteiger partial charge in [-0.3, -0.25) is 9.59 Å². The number of methoxy groups -OCH3 is 1. The van der Waals surface area contributed by atoms with Crippen LogP contribution < -0.4 is 18.9 Å². The highest BCUT2D eigenvalue weighted by molar-refractivity contribution is 6.15. The fourth-order valence-electron chi connectivity index (χ4n) is 4.40. The summed E-state index contributed by atoms with van der Waals surface area (Å²) in [6.07, 6.45) is 1.77. The van der Waals surface area contributed by atoms with Crippen molar-refractivity contribution in [2.24, 2.45) is 0 Å². The number of allylic oxidation sites excluding steroid dienone is 1. The Bertz CT molecular complexity index is 1380. The summed E-state index contributed by atoms with van der Waals surface area (Å²) < 4.78 is 23.1. The summed E-state index contributed by atoms with van der Waals surface area (Å²) in [5.74, 6) is 1.24. The molecular formula is C29H24O6. The van der Waals surface area contributed by atoms with Crippen LogP contribution in [0.1, 0.15) is 46.3 Å². The van der Waals surface area contributed by atoms with E-state index in [1.807, 2.05) is 55.5 Å². The Hall–Kier alpha value is -4.32. The molecule has 0 aliphatic carbocycles. The zero-order valence-corrected chi connectivity index (χ0v) is 19.5. The van der Waals surface area contributed by atoms with Gasteiger partial charge in [0.2, 0.25) is 5.78 Å². The molecule has 1 unspecified atom stereocenters. The van der Waals surface area contributed by atoms with Crippen molar-refractivity contribution < 1.29 is 28.5 Å². The van der Waals surface area contributed by atoms with E-state index in [9.17, 15) is 9.59 Å². The number of hydrogen-bond donors (Lipinski definition) is 0. The van der Waals surface area contributed by atoms with Crippen molar-refractivity contribution in [2.45, 2.75) is 19.3 Å². The molecule has 0 aromatic heterocycles. The maximum absolute atomic E-state index is 13.3. The summed E-state index contributed by atoms with van der Waals surface area (Å²) in [5.41, 5.74) is 3.50. The summed E-state index contributed by atoms with van der Waals surface area (Å²) in [4.78, 5) is 25.8. The van der Waals surface area contributed by atoms with Gasteiger partial charge in [0.25, 0.3) is 0 Å². The monoisotopic (exact) mass is 468 g/mol. The molecular weight excluding hydrogens is 444 g/mol. The molecule has 1 atom stereocenters. The molecule has 2 heterocycles. The molecule has 176 valence electrons. The normalized spacial score (nSPS) is 17.3. The van der Waals surface area contributed by atoms with E-state index in [2.05, 4.69) is 6.58 Å². The molecule has 3 aromatic rings. The van der Waals surface area contributed by atoms with Crippen molar-refractivity contribution in [3.8, 4) is 23.0 Å². The van der Waals surface area contributed by atoms with Crippen LogP contribution in [0.25, 0.3) is 6.08 Å². The first-order chi connectivity index (χ1) is 17.0. The highest BCUT2D eigenvalue weighted by atomic mass is 16.5. The van der Waals surface area contributed by atoms with Gasteiger partial charge in [-0.05, 0) is 42.8 Å². The van der Waals surface area contributed by atoms with Crippen LogP contribution in [0.4, 0.5) is 0 Å². The molecule has 0 saturated heterocycles. The lowest BCUT2D eigenvalue weighted by Crippen LogP contribution is -2.22. The molecule has 5 rings (SSSR count). The summed E-state index contributed by atoms with van der Waals surface area (Å²) in [7, 11) is 1.58. The number of ether oxygens (including phenoxy) is 4. The van der Waals surface area contributed by atoms with Crippen molar-refractivity contribution in [2.75, 3.05) is 13.7 Å². The van der Waals surface area contributed by atoms with Crippen LogP contribution in [-0.2, 0) is 4.79 Å². The number of carbonyl (C=O) groups is 2. The van der Waals surface area contributed by atoms with Crippen molar-refractivity contribution >= 4 is 17.8 Å². The van der Waals surface area contributed by atoms with E-state index in [1.165, 1.54) is 0 Å². The second kappa shape index (κ2) is 9.14. The maximum Gasteiger partial charge on any atom is 0.312 e. The van der Waals surface area contributed by atoms with Crippen LogP contribution in [0.5, 0.6) is 23.0 Å². The quantitative estimate of drug-likeness (QED) is 0.200. The third-order valence-electron chi connectivity index (χ3n) is 5.97. The molecule has 0 amide bonds. The predicted molar refractivity (Wildman–Crippen MR) is 131 cm³/mol. The third-order valence-corrected chi connectivity index (χ3v) is 5.97. The largest absolute Gasteiger partial charge is 0.496 e. The topological polar surface area (TPSA) is 71.1 Å². The van der Waals surface area contributed by atoms with Gasteiger partial charge in [0.15, 0.2) is 5.76 Å². The summed E-state index contributed by atoms with van der Waals surface area (Å²) in [6, 6.07) is 18.2. The Labute approximate surface area is 203 Å². The molecule has 0 bridgehead atoms. The number of benzene rings is 3. The smallest absolute Gasteiger partial charge is 0.312 e. The van der Waals surface area contributed by atoms with Crippen LogP contribution in [0.3, 0.4) is 0 Å². The fourth-order valence-corrected chi connectivity index (χ4v) is 4.40. The zero-order chi connectivity index (χ0) is 24.5. The van der Waals surface area contributed by atoms with Gasteiger partial charge in [-0.1, -0.05) is 43.0 Å². The minimum absolute atomic E-state index is 0.0972. The maximum atomic E-state index is 13.3. The van der Waals surface area contributed by atoms with E-state index in [4.69, 9.17) is 18.9 Å². The first-order valence-corrected chi connectivity index (χ1v) is 11.3. The number of fused-ring (bicyclic) bond motifs is 3. The van der Waals surface area contributed by atoms with Crippen LogP contribution >= 0.6 is 0 Å². The van der Waals surface area contributed by atoms with E-state index in [-0.39, 0.29) is 23.9 Å². The average molecular weight is 469 g/mol. The number of para-hydroxylation sites is 2. The Kier molecular flexibility index (Phi) is 5.87. The van der Waals surface area contributed by atoms with Gasteiger partial charge < -0.3 is 18.9 Å². The van der Waals surface area contributed by atoms with Crippen molar-refractivity contribution in [1.29, 1.82) is 0 Å². The second-order valence-electron chi connectivity index (χ2n) is 8.55. The van der Waals surface area contributed by atoms with Gasteiger partial charge in [-0.15, -0.1) is 0 Å². The van der Waals surface area contributed by atoms with E-state index in [0.717, 1.165) is 16.7 Å². The second-order valence-corrected chi connectivity index (χ2v) is 8.55. The summed E-state index contributed by atoms with van der Waals surface area (Å²) in [5, 5.41) is 0. The van der Waals surface area contributed by atoms with E-state index < -0.39 is 5.92 Å². The molecule has 0 saturated carbocycles. The van der Waals surface area contributed by atoms with Crippen LogP contribution in [-0.4, -0.2) is 25.5 Å². The number of Topliss-reactive ketones (excluding diaryl/α,β-unsaturated/α-hetero) is 1. The van der Waals surface area contributed by atoms with Crippen LogP contribution in [0, 0.1) is 0 Å². The minimum Gasteiger partial charge on any atom is -0.496 e. The summed E-state index contributed by atoms with van der Waals surface area (Å²) >= 11 is 0. The number of carbonyl (C=O) groups excluding carboxylic acids is 2. The van der Waals surface area contributed by atoms with Gasteiger partial charge in [-0.25, -0.2) is 0 Å².